The minimum Gasteiger partial charge on any atom is -0.497 e. The summed E-state index contributed by atoms with van der Waals surface area (Å²) in [6.45, 7) is 0. The molecule has 0 unspecified atom stereocenters. The van der Waals surface area contributed by atoms with Gasteiger partial charge in [0.15, 0.2) is 17.3 Å². The maximum Gasteiger partial charge on any atom is 0.203 e. The van der Waals surface area contributed by atoms with Gasteiger partial charge in [-0.3, -0.25) is 4.79 Å². The van der Waals surface area contributed by atoms with Crippen molar-refractivity contribution >= 4 is 16.7 Å². The number of hydrogen-bond acceptors (Lipinski definition) is 5. The number of ether oxygens (including phenoxy) is 4. The summed E-state index contributed by atoms with van der Waals surface area (Å²) in [5, 5.41) is 0.838. The lowest BCUT2D eigenvalue weighted by atomic mass is 9.99. The summed E-state index contributed by atoms with van der Waals surface area (Å²) < 4.78 is 21.4. The molecular formula is C25H23NO5. The number of hydrogen-bond donors (Lipinski definition) is 1. The van der Waals surface area contributed by atoms with Gasteiger partial charge in [0.1, 0.15) is 5.75 Å². The zero-order valence-electron chi connectivity index (χ0n) is 17.8. The Bertz CT molecular complexity index is 1230. The minimum atomic E-state index is -0.139. The molecule has 0 bridgehead atoms. The molecule has 6 nitrogen and oxygen atoms in total. The third-order valence-corrected chi connectivity index (χ3v) is 5.26. The first-order valence-corrected chi connectivity index (χ1v) is 9.70. The van der Waals surface area contributed by atoms with Crippen molar-refractivity contribution in [1.29, 1.82) is 0 Å². The van der Waals surface area contributed by atoms with Gasteiger partial charge in [0, 0.05) is 28.2 Å². The van der Waals surface area contributed by atoms with E-state index in [1.165, 1.54) is 21.3 Å². The molecule has 0 amide bonds. The highest BCUT2D eigenvalue weighted by Crippen LogP contribution is 2.39. The van der Waals surface area contributed by atoms with E-state index in [0.29, 0.717) is 28.4 Å². The summed E-state index contributed by atoms with van der Waals surface area (Å²) in [6, 6.07) is 17.1. The first-order chi connectivity index (χ1) is 15.1. The smallest absolute Gasteiger partial charge is 0.203 e. The number of H-pyrrole nitrogens is 1. The molecule has 1 heterocycles. The second kappa shape index (κ2) is 8.44. The number of carbonyl (C=O) groups is 1. The first kappa shape index (κ1) is 20.3. The molecule has 0 aliphatic heterocycles. The molecule has 4 aromatic rings. The van der Waals surface area contributed by atoms with Crippen molar-refractivity contribution in [3.8, 4) is 34.1 Å². The molecule has 0 aliphatic carbocycles. The van der Waals surface area contributed by atoms with Crippen molar-refractivity contribution in [2.75, 3.05) is 28.4 Å². The highest BCUT2D eigenvalue weighted by atomic mass is 16.5. The van der Waals surface area contributed by atoms with Crippen LogP contribution in [-0.2, 0) is 0 Å². The molecule has 1 aromatic heterocycles. The predicted octanol–water partition coefficient (Wildman–Crippen LogP) is 5.10. The fraction of sp³-hybridized carbons (Fsp3) is 0.160. The third-order valence-electron chi connectivity index (χ3n) is 5.26. The minimum absolute atomic E-state index is 0.139. The van der Waals surface area contributed by atoms with Gasteiger partial charge in [-0.15, -0.1) is 0 Å². The van der Waals surface area contributed by atoms with Crippen molar-refractivity contribution in [3.05, 3.63) is 71.9 Å². The van der Waals surface area contributed by atoms with E-state index in [1.54, 1.807) is 25.4 Å². The normalized spacial score (nSPS) is 10.7. The average Bonchev–Trinajstić information content (AvgIpc) is 3.25. The van der Waals surface area contributed by atoms with Gasteiger partial charge in [-0.2, -0.15) is 0 Å². The number of methoxy groups -OCH3 is 4. The van der Waals surface area contributed by atoms with Crippen LogP contribution >= 0.6 is 0 Å². The van der Waals surface area contributed by atoms with Crippen LogP contribution in [0.5, 0.6) is 23.0 Å². The van der Waals surface area contributed by atoms with E-state index < -0.39 is 0 Å². The highest BCUT2D eigenvalue weighted by Gasteiger charge is 2.20. The van der Waals surface area contributed by atoms with Crippen molar-refractivity contribution in [2.24, 2.45) is 0 Å². The quantitative estimate of drug-likeness (QED) is 0.424. The predicted molar refractivity (Wildman–Crippen MR) is 120 cm³/mol. The van der Waals surface area contributed by atoms with Gasteiger partial charge in [0.25, 0.3) is 0 Å². The number of benzene rings is 3. The molecule has 0 spiro atoms. The van der Waals surface area contributed by atoms with Gasteiger partial charge in [0.05, 0.1) is 28.4 Å². The molecule has 158 valence electrons. The lowest BCUT2D eigenvalue weighted by Crippen LogP contribution is -2.03. The molecule has 1 N–H and O–H groups in total. The van der Waals surface area contributed by atoms with E-state index in [-0.39, 0.29) is 5.78 Å². The van der Waals surface area contributed by atoms with Crippen molar-refractivity contribution in [2.45, 2.75) is 0 Å². The van der Waals surface area contributed by atoms with Gasteiger partial charge in [-0.05, 0) is 41.5 Å². The Balaban J connectivity index is 1.74. The van der Waals surface area contributed by atoms with Gasteiger partial charge < -0.3 is 23.9 Å². The van der Waals surface area contributed by atoms with Crippen LogP contribution in [0.2, 0.25) is 0 Å². The van der Waals surface area contributed by atoms with Gasteiger partial charge in [0.2, 0.25) is 5.75 Å². The second-order valence-electron chi connectivity index (χ2n) is 6.94. The first-order valence-electron chi connectivity index (χ1n) is 9.70. The number of aromatic nitrogens is 1. The van der Waals surface area contributed by atoms with Crippen LogP contribution < -0.4 is 18.9 Å². The van der Waals surface area contributed by atoms with Crippen molar-refractivity contribution in [3.63, 3.8) is 0 Å². The van der Waals surface area contributed by atoms with E-state index in [0.717, 1.165) is 27.8 Å². The molecule has 31 heavy (non-hydrogen) atoms. The zero-order chi connectivity index (χ0) is 22.0. The van der Waals surface area contributed by atoms with Crippen LogP contribution in [0.25, 0.3) is 22.0 Å². The molecule has 0 atom stereocenters. The number of fused-ring (bicyclic) bond motifs is 1. The molecule has 0 saturated heterocycles. The van der Waals surface area contributed by atoms with E-state index in [4.69, 9.17) is 18.9 Å². The van der Waals surface area contributed by atoms with Gasteiger partial charge in [-0.25, -0.2) is 0 Å². The van der Waals surface area contributed by atoms with Crippen LogP contribution in [-0.4, -0.2) is 39.2 Å². The Hall–Kier alpha value is -3.93. The largest absolute Gasteiger partial charge is 0.497 e. The fourth-order valence-electron chi connectivity index (χ4n) is 3.66. The van der Waals surface area contributed by atoms with Crippen LogP contribution in [0.3, 0.4) is 0 Å². The Morgan fingerprint density at radius 2 is 1.48 bits per heavy atom. The fourth-order valence-corrected chi connectivity index (χ4v) is 3.66. The lowest BCUT2D eigenvalue weighted by Gasteiger charge is -2.13. The Labute approximate surface area is 180 Å². The van der Waals surface area contributed by atoms with E-state index in [9.17, 15) is 4.79 Å². The SMILES string of the molecule is COc1cccc(-c2ccc3c(C(=O)c4cc(OC)c(OC)c(OC)c4)c[nH]c3c2)c1. The molecule has 4 rings (SSSR count). The molecule has 6 heteroatoms. The highest BCUT2D eigenvalue weighted by molar-refractivity contribution is 6.17. The number of rotatable bonds is 7. The monoisotopic (exact) mass is 417 g/mol. The maximum atomic E-state index is 13.3. The number of nitrogens with one attached hydrogen (secondary N) is 1. The summed E-state index contributed by atoms with van der Waals surface area (Å²) in [5.74, 6) is 1.97. The van der Waals surface area contributed by atoms with Crippen LogP contribution in [0, 0.1) is 0 Å². The van der Waals surface area contributed by atoms with Crippen LogP contribution in [0.15, 0.2) is 60.8 Å². The maximum absolute atomic E-state index is 13.3. The number of carbonyl (C=O) groups excluding carboxylic acids is 1. The van der Waals surface area contributed by atoms with E-state index in [1.807, 2.05) is 42.5 Å². The zero-order valence-corrected chi connectivity index (χ0v) is 17.8. The topological polar surface area (TPSA) is 69.8 Å². The molecule has 0 radical (unpaired) electrons. The molecule has 3 aromatic carbocycles. The standard InChI is InChI=1S/C25H23NO5/c1-28-18-7-5-6-15(10-18)16-8-9-19-20(14-26-21(19)11-16)24(27)17-12-22(29-2)25(31-4)23(13-17)30-3/h5-14,26H,1-4H3. The summed E-state index contributed by atoms with van der Waals surface area (Å²) in [5.41, 5.74) is 3.96. The summed E-state index contributed by atoms with van der Waals surface area (Å²) >= 11 is 0. The number of ketones is 1. The second-order valence-corrected chi connectivity index (χ2v) is 6.94. The average molecular weight is 417 g/mol. The Morgan fingerprint density at radius 3 is 2.13 bits per heavy atom. The molecule has 0 saturated carbocycles. The van der Waals surface area contributed by atoms with E-state index in [2.05, 4.69) is 4.98 Å². The molecule has 0 aliphatic rings. The Morgan fingerprint density at radius 1 is 0.774 bits per heavy atom. The van der Waals surface area contributed by atoms with Crippen molar-refractivity contribution < 1.29 is 23.7 Å². The van der Waals surface area contributed by atoms with Crippen molar-refractivity contribution in [1.82, 2.24) is 4.98 Å². The summed E-state index contributed by atoms with van der Waals surface area (Å²) in [6.07, 6.45) is 1.73. The summed E-state index contributed by atoms with van der Waals surface area (Å²) in [7, 11) is 6.23. The van der Waals surface area contributed by atoms with Crippen LogP contribution in [0.1, 0.15) is 15.9 Å². The van der Waals surface area contributed by atoms with E-state index >= 15 is 0 Å². The lowest BCUT2D eigenvalue weighted by molar-refractivity contribution is 0.103. The van der Waals surface area contributed by atoms with Crippen LogP contribution in [0.4, 0.5) is 0 Å². The number of aromatic amines is 1. The summed E-state index contributed by atoms with van der Waals surface area (Å²) in [4.78, 5) is 16.5. The van der Waals surface area contributed by atoms with Gasteiger partial charge >= 0.3 is 0 Å². The Kier molecular flexibility index (Phi) is 5.54. The third kappa shape index (κ3) is 3.68. The van der Waals surface area contributed by atoms with Gasteiger partial charge in [-0.1, -0.05) is 24.3 Å². The molecular weight excluding hydrogens is 394 g/mol. The molecule has 0 fully saturated rings.